The van der Waals surface area contributed by atoms with Crippen LogP contribution in [0, 0.1) is 52.3 Å². The first-order valence-corrected chi connectivity index (χ1v) is 18.6. The Hall–Kier alpha value is -1.56. The van der Waals surface area contributed by atoms with E-state index in [4.69, 9.17) is 0 Å². The summed E-state index contributed by atoms with van der Waals surface area (Å²) < 4.78 is 27.8. The van der Waals surface area contributed by atoms with E-state index >= 15 is 0 Å². The van der Waals surface area contributed by atoms with Gasteiger partial charge in [0.15, 0.2) is 0 Å². The molecule has 1 aromatic rings. The number of amides is 2. The fourth-order valence-corrected chi connectivity index (χ4v) is 11.9. The van der Waals surface area contributed by atoms with E-state index in [9.17, 15) is 13.2 Å². The van der Waals surface area contributed by atoms with Gasteiger partial charge in [-0.15, -0.1) is 0 Å². The van der Waals surface area contributed by atoms with Gasteiger partial charge < -0.3 is 5.32 Å². The summed E-state index contributed by atoms with van der Waals surface area (Å²) in [4.78, 5) is 12.7. The Labute approximate surface area is 256 Å². The largest absolute Gasteiger partial charge is 0.337 e. The van der Waals surface area contributed by atoms with Crippen LogP contribution in [0.25, 0.3) is 0 Å². The van der Waals surface area contributed by atoms with Crippen LogP contribution in [0.4, 0.5) is 4.79 Å². The lowest BCUT2D eigenvalue weighted by atomic mass is 9.42. The van der Waals surface area contributed by atoms with Gasteiger partial charge in [0.2, 0.25) is 0 Å². The Bertz CT molecular complexity index is 1220. The summed E-state index contributed by atoms with van der Waals surface area (Å²) in [6.07, 6.45) is 14.9. The third-order valence-corrected chi connectivity index (χ3v) is 14.5. The molecule has 2 amide bonds. The highest BCUT2D eigenvalue weighted by molar-refractivity contribution is 7.90. The van der Waals surface area contributed by atoms with Gasteiger partial charge in [0.1, 0.15) is 0 Å². The van der Waals surface area contributed by atoms with E-state index in [1.165, 1.54) is 64.2 Å². The van der Waals surface area contributed by atoms with E-state index in [1.54, 1.807) is 12.1 Å². The molecule has 236 valence electrons. The predicted molar refractivity (Wildman–Crippen MR) is 172 cm³/mol. The summed E-state index contributed by atoms with van der Waals surface area (Å²) in [5.41, 5.74) is 1.93. The summed E-state index contributed by atoms with van der Waals surface area (Å²) in [5, 5.41) is 2.85. The van der Waals surface area contributed by atoms with Crippen molar-refractivity contribution in [2.45, 2.75) is 129 Å². The van der Waals surface area contributed by atoms with E-state index in [2.05, 4.69) is 58.5 Å². The quantitative estimate of drug-likeness (QED) is 0.330. The van der Waals surface area contributed by atoms with Crippen LogP contribution in [0.15, 0.2) is 29.2 Å². The molecule has 2 unspecified atom stereocenters. The maximum atomic E-state index is 12.8. The highest BCUT2D eigenvalue weighted by Crippen LogP contribution is 2.69. The maximum absolute atomic E-state index is 12.8. The Kier molecular flexibility index (Phi) is 8.91. The molecular formula is C36H58N2O3S. The molecule has 1 aromatic carbocycles. The lowest BCUT2D eigenvalue weighted by Crippen LogP contribution is -2.55. The van der Waals surface area contributed by atoms with Crippen LogP contribution in [0.5, 0.6) is 0 Å². The highest BCUT2D eigenvalue weighted by atomic mass is 32.2. The van der Waals surface area contributed by atoms with Crippen molar-refractivity contribution in [2.75, 3.05) is 6.54 Å². The zero-order valence-corrected chi connectivity index (χ0v) is 28.3. The molecule has 0 bridgehead atoms. The molecular weight excluding hydrogens is 540 g/mol. The van der Waals surface area contributed by atoms with Crippen molar-refractivity contribution in [3.63, 3.8) is 0 Å². The highest BCUT2D eigenvalue weighted by Gasteiger charge is 2.61. The number of fused-ring (bicyclic) bond motifs is 5. The monoisotopic (exact) mass is 598 g/mol. The molecule has 9 atom stereocenters. The number of urea groups is 1. The molecule has 0 radical (unpaired) electrons. The maximum Gasteiger partial charge on any atom is 0.328 e. The van der Waals surface area contributed by atoms with Gasteiger partial charge in [-0.25, -0.2) is 17.9 Å². The second-order valence-corrected chi connectivity index (χ2v) is 18.0. The smallest absolute Gasteiger partial charge is 0.328 e. The molecule has 0 saturated heterocycles. The fraction of sp³-hybridized carbons (Fsp3) is 0.806. The van der Waals surface area contributed by atoms with Crippen molar-refractivity contribution < 1.29 is 13.2 Å². The Morgan fingerprint density at radius 2 is 1.64 bits per heavy atom. The van der Waals surface area contributed by atoms with E-state index < -0.39 is 16.1 Å². The second-order valence-electron chi connectivity index (χ2n) is 16.3. The molecule has 4 aliphatic carbocycles. The third-order valence-electron chi connectivity index (χ3n) is 13.2. The van der Waals surface area contributed by atoms with E-state index in [0.717, 1.165) is 41.6 Å². The number of rotatable bonds is 7. The number of hydrogen-bond acceptors (Lipinski definition) is 3. The number of nitrogens with one attached hydrogen (secondary N) is 2. The Morgan fingerprint density at radius 3 is 2.31 bits per heavy atom. The molecule has 2 N–H and O–H groups in total. The summed E-state index contributed by atoms with van der Waals surface area (Å²) in [5.74, 6) is 5.67. The average molecular weight is 599 g/mol. The first kappa shape index (κ1) is 31.9. The van der Waals surface area contributed by atoms with Crippen LogP contribution in [0.3, 0.4) is 0 Å². The van der Waals surface area contributed by atoms with Crippen LogP contribution >= 0.6 is 0 Å². The van der Waals surface area contributed by atoms with Crippen LogP contribution in [-0.2, 0) is 15.4 Å². The number of carbonyl (C=O) groups is 1. The van der Waals surface area contributed by atoms with Crippen molar-refractivity contribution in [1.29, 1.82) is 0 Å². The minimum Gasteiger partial charge on any atom is -0.337 e. The normalized spacial score (nSPS) is 37.2. The summed E-state index contributed by atoms with van der Waals surface area (Å²) in [7, 11) is -3.91. The van der Waals surface area contributed by atoms with Gasteiger partial charge in [-0.05, 0) is 127 Å². The third kappa shape index (κ3) is 5.79. The van der Waals surface area contributed by atoms with Gasteiger partial charge >= 0.3 is 6.03 Å². The Morgan fingerprint density at radius 1 is 0.952 bits per heavy atom. The second kappa shape index (κ2) is 11.7. The summed E-state index contributed by atoms with van der Waals surface area (Å²) >= 11 is 0. The molecule has 4 aliphatic rings. The molecule has 4 fully saturated rings. The van der Waals surface area contributed by atoms with Crippen molar-refractivity contribution in [2.24, 2.45) is 52.3 Å². The standard InChI is InChI=1S/C36H58N2O3S/c1-8-25-23-28-31-17-16-29(36(31,7)21-18-32(28)35(6)20-10-9-11-30(25)35)24(2)19-22-37-33(39)38-42(40,41)27-14-12-26(13-15-27)34(3,4)5/h12-15,24-25,28-32H,8-11,16-23H2,1-7H3,(H2,37,38,39)/t24-,25+,28+,29?,30+,31?,32+,35+,36-/m1/s1. The van der Waals surface area contributed by atoms with Gasteiger partial charge in [0.05, 0.1) is 4.90 Å². The minimum atomic E-state index is -3.91. The van der Waals surface area contributed by atoms with Crippen LogP contribution in [-0.4, -0.2) is 21.0 Å². The van der Waals surface area contributed by atoms with Gasteiger partial charge in [-0.2, -0.15) is 0 Å². The lowest BCUT2D eigenvalue weighted by molar-refractivity contribution is -0.138. The molecule has 5 rings (SSSR count). The molecule has 0 spiro atoms. The number of carbonyl (C=O) groups excluding carboxylic acids is 1. The first-order valence-electron chi connectivity index (χ1n) is 17.1. The van der Waals surface area contributed by atoms with Gasteiger partial charge in [0, 0.05) is 6.54 Å². The fourth-order valence-electron chi connectivity index (χ4n) is 11.0. The molecule has 0 heterocycles. The molecule has 0 aliphatic heterocycles. The Balaban J connectivity index is 1.17. The minimum absolute atomic E-state index is 0.0650. The topological polar surface area (TPSA) is 75.3 Å². The lowest BCUT2D eigenvalue weighted by Gasteiger charge is -2.63. The van der Waals surface area contributed by atoms with Crippen molar-refractivity contribution >= 4 is 16.1 Å². The number of sulfonamides is 1. The number of benzene rings is 1. The molecule has 6 heteroatoms. The zero-order chi connectivity index (χ0) is 30.5. The van der Waals surface area contributed by atoms with Crippen LogP contribution < -0.4 is 10.0 Å². The van der Waals surface area contributed by atoms with E-state index in [-0.39, 0.29) is 10.3 Å². The van der Waals surface area contributed by atoms with Crippen molar-refractivity contribution in [3.05, 3.63) is 29.8 Å². The average Bonchev–Trinajstić information content (AvgIpc) is 3.29. The van der Waals surface area contributed by atoms with Gasteiger partial charge in [-0.3, -0.25) is 0 Å². The SMILES string of the molecule is CC[C@H]1C[C@H]2C3CCC([C@H](C)CCNC(=O)NS(=O)(=O)c4ccc(C(C)(C)C)cc4)[C@@]3(C)CC[C@@H]2[C@@]2(C)CCCC[C@@H]12. The van der Waals surface area contributed by atoms with Gasteiger partial charge in [0.25, 0.3) is 10.0 Å². The first-order chi connectivity index (χ1) is 19.7. The van der Waals surface area contributed by atoms with Crippen molar-refractivity contribution in [3.8, 4) is 0 Å². The zero-order valence-electron chi connectivity index (χ0n) is 27.5. The van der Waals surface area contributed by atoms with E-state index in [0.29, 0.717) is 29.2 Å². The summed E-state index contributed by atoms with van der Waals surface area (Å²) in [6, 6.07) is 6.16. The predicted octanol–water partition coefficient (Wildman–Crippen LogP) is 8.68. The molecule has 4 saturated carbocycles. The molecule has 5 nitrogen and oxygen atoms in total. The summed E-state index contributed by atoms with van der Waals surface area (Å²) in [6.45, 7) is 16.9. The van der Waals surface area contributed by atoms with E-state index in [1.807, 2.05) is 12.1 Å². The van der Waals surface area contributed by atoms with Crippen LogP contribution in [0.1, 0.15) is 125 Å². The van der Waals surface area contributed by atoms with Crippen molar-refractivity contribution in [1.82, 2.24) is 10.0 Å². The van der Waals surface area contributed by atoms with Gasteiger partial charge in [-0.1, -0.05) is 79.9 Å². The number of hydrogen-bond donors (Lipinski definition) is 2. The molecule has 42 heavy (non-hydrogen) atoms. The van der Waals surface area contributed by atoms with Crippen LogP contribution in [0.2, 0.25) is 0 Å². The molecule has 0 aromatic heterocycles.